The average molecular weight is 349 g/mol. The molecule has 0 aliphatic heterocycles. The largest absolute Gasteiger partial charge is 0.465 e. The maximum atomic E-state index is 12.3. The van der Waals surface area contributed by atoms with Crippen LogP contribution in [0.25, 0.3) is 0 Å². The quantitative estimate of drug-likeness (QED) is 0.852. The van der Waals surface area contributed by atoms with Gasteiger partial charge in [0.05, 0.1) is 19.0 Å². The van der Waals surface area contributed by atoms with Crippen molar-refractivity contribution in [3.63, 3.8) is 0 Å². The van der Waals surface area contributed by atoms with E-state index in [9.17, 15) is 14.4 Å². The SMILES string of the molecule is COC(=O)c1c(NC(=O)Cn2cnc(C)c(C)c2=O)sc(C)c1C. The molecule has 0 spiro atoms. The second-order valence-electron chi connectivity index (χ2n) is 5.42. The van der Waals surface area contributed by atoms with Gasteiger partial charge in [-0.25, -0.2) is 9.78 Å². The van der Waals surface area contributed by atoms with Gasteiger partial charge in [0.15, 0.2) is 0 Å². The molecule has 0 atom stereocenters. The number of thiophene rings is 1. The molecule has 0 aliphatic rings. The van der Waals surface area contributed by atoms with Crippen LogP contribution in [0.15, 0.2) is 11.1 Å². The van der Waals surface area contributed by atoms with Crippen molar-refractivity contribution in [2.45, 2.75) is 34.2 Å². The van der Waals surface area contributed by atoms with Crippen molar-refractivity contribution in [1.82, 2.24) is 9.55 Å². The summed E-state index contributed by atoms with van der Waals surface area (Å²) in [6.07, 6.45) is 1.34. The van der Waals surface area contributed by atoms with Crippen LogP contribution in [-0.4, -0.2) is 28.5 Å². The van der Waals surface area contributed by atoms with Gasteiger partial charge in [0.1, 0.15) is 11.5 Å². The summed E-state index contributed by atoms with van der Waals surface area (Å²) < 4.78 is 6.01. The third-order valence-electron chi connectivity index (χ3n) is 3.86. The first kappa shape index (κ1) is 17.9. The molecule has 0 saturated heterocycles. The van der Waals surface area contributed by atoms with Crippen molar-refractivity contribution in [3.8, 4) is 0 Å². The maximum absolute atomic E-state index is 12.3. The fourth-order valence-electron chi connectivity index (χ4n) is 2.17. The van der Waals surface area contributed by atoms with E-state index >= 15 is 0 Å². The van der Waals surface area contributed by atoms with Gasteiger partial charge in [-0.15, -0.1) is 11.3 Å². The predicted octanol–water partition coefficient (Wildman–Crippen LogP) is 1.96. The van der Waals surface area contributed by atoms with Crippen molar-refractivity contribution in [2.75, 3.05) is 12.4 Å². The van der Waals surface area contributed by atoms with E-state index in [1.807, 2.05) is 6.92 Å². The normalized spacial score (nSPS) is 10.5. The zero-order valence-corrected chi connectivity index (χ0v) is 15.0. The van der Waals surface area contributed by atoms with Gasteiger partial charge in [-0.2, -0.15) is 0 Å². The Morgan fingerprint density at radius 1 is 1.25 bits per heavy atom. The van der Waals surface area contributed by atoms with Crippen molar-refractivity contribution < 1.29 is 14.3 Å². The monoisotopic (exact) mass is 349 g/mol. The van der Waals surface area contributed by atoms with Gasteiger partial charge in [-0.3, -0.25) is 14.2 Å². The predicted molar refractivity (Wildman–Crippen MR) is 91.7 cm³/mol. The number of esters is 1. The second kappa shape index (κ2) is 6.96. The minimum Gasteiger partial charge on any atom is -0.465 e. The average Bonchev–Trinajstić information content (AvgIpc) is 2.81. The number of anilines is 1. The lowest BCUT2D eigenvalue weighted by Crippen LogP contribution is -2.29. The lowest BCUT2D eigenvalue weighted by molar-refractivity contribution is -0.116. The summed E-state index contributed by atoms with van der Waals surface area (Å²) in [6, 6.07) is 0. The zero-order chi connectivity index (χ0) is 18.0. The Balaban J connectivity index is 2.26. The number of aryl methyl sites for hydroxylation is 2. The van der Waals surface area contributed by atoms with E-state index in [0.717, 1.165) is 10.4 Å². The molecule has 2 rings (SSSR count). The first-order valence-corrected chi connectivity index (χ1v) is 8.08. The minimum absolute atomic E-state index is 0.177. The summed E-state index contributed by atoms with van der Waals surface area (Å²) >= 11 is 1.30. The van der Waals surface area contributed by atoms with Crippen LogP contribution in [-0.2, 0) is 16.1 Å². The molecule has 2 aromatic heterocycles. The molecular formula is C16H19N3O4S. The van der Waals surface area contributed by atoms with E-state index in [1.165, 1.54) is 29.3 Å². The van der Waals surface area contributed by atoms with E-state index < -0.39 is 11.9 Å². The summed E-state index contributed by atoms with van der Waals surface area (Å²) in [5.41, 5.74) is 1.99. The van der Waals surface area contributed by atoms with Crippen LogP contribution in [0.3, 0.4) is 0 Å². The van der Waals surface area contributed by atoms with Gasteiger partial charge >= 0.3 is 5.97 Å². The molecule has 24 heavy (non-hydrogen) atoms. The van der Waals surface area contributed by atoms with Crippen molar-refractivity contribution in [2.24, 2.45) is 0 Å². The Bertz CT molecular complexity index is 867. The molecule has 2 aromatic rings. The van der Waals surface area contributed by atoms with E-state index in [-0.39, 0.29) is 12.1 Å². The van der Waals surface area contributed by atoms with Gasteiger partial charge < -0.3 is 10.1 Å². The lowest BCUT2D eigenvalue weighted by atomic mass is 10.1. The molecule has 0 aromatic carbocycles. The van der Waals surface area contributed by atoms with E-state index in [2.05, 4.69) is 10.3 Å². The first-order chi connectivity index (χ1) is 11.3. The minimum atomic E-state index is -0.503. The number of nitrogens with one attached hydrogen (secondary N) is 1. The number of ether oxygens (including phenoxy) is 1. The number of hydrogen-bond donors (Lipinski definition) is 1. The summed E-state index contributed by atoms with van der Waals surface area (Å²) in [5, 5.41) is 3.11. The Labute approximate surface area is 143 Å². The molecule has 2 heterocycles. The molecule has 0 fully saturated rings. The van der Waals surface area contributed by atoms with E-state index in [1.54, 1.807) is 20.8 Å². The number of carbonyl (C=O) groups is 2. The smallest absolute Gasteiger partial charge is 0.341 e. The Morgan fingerprint density at radius 2 is 1.92 bits per heavy atom. The molecule has 0 saturated carbocycles. The molecule has 0 bridgehead atoms. The fourth-order valence-corrected chi connectivity index (χ4v) is 3.24. The molecule has 1 N–H and O–H groups in total. The highest BCUT2D eigenvalue weighted by Gasteiger charge is 2.21. The standard InChI is InChI=1S/C16H19N3O4S/c1-8-10(3)17-7-19(15(8)21)6-12(20)18-14-13(16(22)23-5)9(2)11(4)24-14/h7H,6H2,1-5H3,(H,18,20). The molecule has 0 aliphatic carbocycles. The van der Waals surface area contributed by atoms with Crippen molar-refractivity contribution >= 4 is 28.2 Å². The lowest BCUT2D eigenvalue weighted by Gasteiger charge is -2.09. The van der Waals surface area contributed by atoms with Crippen LogP contribution in [0.1, 0.15) is 32.1 Å². The summed E-state index contributed by atoms with van der Waals surface area (Å²) in [6.45, 7) is 6.89. The zero-order valence-electron chi connectivity index (χ0n) is 14.2. The molecule has 7 nitrogen and oxygen atoms in total. The highest BCUT2D eigenvalue weighted by atomic mass is 32.1. The van der Waals surface area contributed by atoms with Crippen LogP contribution < -0.4 is 10.9 Å². The van der Waals surface area contributed by atoms with Gasteiger partial charge in [0, 0.05) is 16.1 Å². The van der Waals surface area contributed by atoms with Crippen LogP contribution >= 0.6 is 11.3 Å². The van der Waals surface area contributed by atoms with Gasteiger partial charge in [0.2, 0.25) is 5.91 Å². The first-order valence-electron chi connectivity index (χ1n) is 7.27. The Hall–Kier alpha value is -2.48. The number of hydrogen-bond acceptors (Lipinski definition) is 6. The Kier molecular flexibility index (Phi) is 5.18. The highest BCUT2D eigenvalue weighted by molar-refractivity contribution is 7.16. The van der Waals surface area contributed by atoms with Gasteiger partial charge in [-0.05, 0) is 33.3 Å². The number of carbonyl (C=O) groups excluding carboxylic acids is 2. The summed E-state index contributed by atoms with van der Waals surface area (Å²) in [5.74, 6) is -0.911. The number of amides is 1. The molecule has 128 valence electrons. The van der Waals surface area contributed by atoms with E-state index in [4.69, 9.17) is 4.74 Å². The van der Waals surface area contributed by atoms with Crippen LogP contribution in [0.4, 0.5) is 5.00 Å². The topological polar surface area (TPSA) is 90.3 Å². The highest BCUT2D eigenvalue weighted by Crippen LogP contribution is 2.32. The third kappa shape index (κ3) is 3.38. The number of aromatic nitrogens is 2. The number of rotatable bonds is 4. The van der Waals surface area contributed by atoms with Crippen LogP contribution in [0.2, 0.25) is 0 Å². The molecule has 0 unspecified atom stereocenters. The molecular weight excluding hydrogens is 330 g/mol. The second-order valence-corrected chi connectivity index (χ2v) is 6.64. The number of methoxy groups -OCH3 is 1. The number of nitrogens with zero attached hydrogens (tertiary/aromatic N) is 2. The molecule has 8 heteroatoms. The summed E-state index contributed by atoms with van der Waals surface area (Å²) in [4.78, 5) is 41.3. The Morgan fingerprint density at radius 3 is 2.54 bits per heavy atom. The molecule has 1 amide bonds. The fraction of sp³-hybridized carbons (Fsp3) is 0.375. The third-order valence-corrected chi connectivity index (χ3v) is 4.98. The molecule has 0 radical (unpaired) electrons. The van der Waals surface area contributed by atoms with Crippen LogP contribution in [0.5, 0.6) is 0 Å². The van der Waals surface area contributed by atoms with Gasteiger partial charge in [0.25, 0.3) is 5.56 Å². The van der Waals surface area contributed by atoms with Gasteiger partial charge in [-0.1, -0.05) is 0 Å². The maximum Gasteiger partial charge on any atom is 0.341 e. The van der Waals surface area contributed by atoms with Crippen molar-refractivity contribution in [1.29, 1.82) is 0 Å². The summed E-state index contributed by atoms with van der Waals surface area (Å²) in [7, 11) is 1.29. The van der Waals surface area contributed by atoms with E-state index in [0.29, 0.717) is 21.8 Å². The van der Waals surface area contributed by atoms with Crippen LogP contribution in [0, 0.1) is 27.7 Å². The van der Waals surface area contributed by atoms with Crippen molar-refractivity contribution in [3.05, 3.63) is 43.9 Å².